The van der Waals surface area contributed by atoms with E-state index in [1.54, 1.807) is 0 Å². The fraction of sp³-hybridized carbons (Fsp3) is 0.583. The summed E-state index contributed by atoms with van der Waals surface area (Å²) in [6, 6.07) is 3.86. The predicted molar refractivity (Wildman–Crippen MR) is 66.3 cm³/mol. The van der Waals surface area contributed by atoms with Crippen molar-refractivity contribution in [1.82, 2.24) is 4.98 Å². The van der Waals surface area contributed by atoms with Gasteiger partial charge in [0, 0.05) is 25.9 Å². The van der Waals surface area contributed by atoms with Crippen LogP contribution in [0.15, 0.2) is 18.3 Å². The lowest BCUT2D eigenvalue weighted by Gasteiger charge is -2.33. The van der Waals surface area contributed by atoms with E-state index in [0.717, 1.165) is 38.0 Å². The molecule has 1 fully saturated rings. The van der Waals surface area contributed by atoms with E-state index >= 15 is 0 Å². The number of aromatic nitrogens is 1. The van der Waals surface area contributed by atoms with E-state index in [9.17, 15) is 0 Å². The van der Waals surface area contributed by atoms with Gasteiger partial charge in [0.25, 0.3) is 0 Å². The molecule has 1 aliphatic rings. The van der Waals surface area contributed by atoms with Crippen LogP contribution in [-0.2, 0) is 0 Å². The highest BCUT2D eigenvalue weighted by Crippen LogP contribution is 2.23. The zero-order valence-electron chi connectivity index (χ0n) is 9.47. The first-order valence-electron chi connectivity index (χ1n) is 5.87. The molecule has 0 spiro atoms. The zero-order chi connectivity index (χ0) is 11.4. The van der Waals surface area contributed by atoms with Crippen LogP contribution in [0.4, 0.5) is 5.69 Å². The van der Waals surface area contributed by atoms with E-state index < -0.39 is 0 Å². The van der Waals surface area contributed by atoms with Crippen LogP contribution < -0.4 is 10.5 Å². The third-order valence-corrected chi connectivity index (χ3v) is 3.29. The van der Waals surface area contributed by atoms with Gasteiger partial charge in [-0.1, -0.05) is 0 Å². The molecule has 0 amide bonds. The molecule has 1 aromatic rings. The van der Waals surface area contributed by atoms with Crippen molar-refractivity contribution in [2.45, 2.75) is 19.3 Å². The molecule has 1 saturated heterocycles. The van der Waals surface area contributed by atoms with Crippen LogP contribution in [0, 0.1) is 5.92 Å². The molecule has 0 atom stereocenters. The molecule has 4 heteroatoms. The average molecular weight is 216 g/mol. The van der Waals surface area contributed by atoms with Crippen LogP contribution in [0.1, 0.15) is 19.3 Å². The lowest BCUT2D eigenvalue weighted by molar-refractivity contribution is 0.240. The number of anilines is 1. The first-order valence-corrected chi connectivity index (χ1v) is 5.87. The molecule has 0 aromatic carbocycles. The molecular formula is C12H17BN2O. The Kier molecular flexibility index (Phi) is 3.83. The summed E-state index contributed by atoms with van der Waals surface area (Å²) in [5.41, 5.74) is 1.72. The Hall–Kier alpha value is -1.03. The van der Waals surface area contributed by atoms with Gasteiger partial charge in [0.2, 0.25) is 0 Å². The van der Waals surface area contributed by atoms with Crippen LogP contribution in [0.25, 0.3) is 0 Å². The second kappa shape index (κ2) is 5.35. The minimum Gasteiger partial charge on any atom is -0.396 e. The highest BCUT2D eigenvalue weighted by Gasteiger charge is 2.18. The van der Waals surface area contributed by atoms with Gasteiger partial charge in [0.15, 0.2) is 0 Å². The molecule has 2 rings (SSSR count). The zero-order valence-corrected chi connectivity index (χ0v) is 9.47. The molecule has 84 valence electrons. The van der Waals surface area contributed by atoms with Gasteiger partial charge in [-0.15, -0.1) is 0 Å². The normalized spacial score (nSPS) is 17.7. The number of rotatable bonds is 3. The SMILES string of the molecule is [B]c1ccc(N2CCC(CCO)CC2)cn1. The number of hydrogen-bond donors (Lipinski definition) is 1. The molecule has 1 aliphatic heterocycles. The minimum atomic E-state index is 0.314. The van der Waals surface area contributed by atoms with Crippen molar-refractivity contribution in [3.05, 3.63) is 18.3 Å². The van der Waals surface area contributed by atoms with E-state index in [2.05, 4.69) is 9.88 Å². The van der Waals surface area contributed by atoms with Crippen LogP contribution in [0.5, 0.6) is 0 Å². The van der Waals surface area contributed by atoms with Gasteiger partial charge >= 0.3 is 0 Å². The number of piperidine rings is 1. The van der Waals surface area contributed by atoms with Gasteiger partial charge in [-0.25, -0.2) is 0 Å². The summed E-state index contributed by atoms with van der Waals surface area (Å²) in [5, 5.41) is 8.89. The largest absolute Gasteiger partial charge is 0.396 e. The van der Waals surface area contributed by atoms with Crippen molar-refractivity contribution in [3.63, 3.8) is 0 Å². The maximum atomic E-state index is 8.89. The van der Waals surface area contributed by atoms with E-state index in [1.165, 1.54) is 0 Å². The highest BCUT2D eigenvalue weighted by atomic mass is 16.3. The fourth-order valence-electron chi connectivity index (χ4n) is 2.25. The maximum absolute atomic E-state index is 8.89. The molecule has 1 N–H and O–H groups in total. The number of aliphatic hydroxyl groups is 1. The van der Waals surface area contributed by atoms with E-state index in [0.29, 0.717) is 18.1 Å². The van der Waals surface area contributed by atoms with Crippen molar-refractivity contribution in [3.8, 4) is 0 Å². The number of hydrogen-bond acceptors (Lipinski definition) is 3. The third-order valence-electron chi connectivity index (χ3n) is 3.29. The summed E-state index contributed by atoms with van der Waals surface area (Å²) in [7, 11) is 5.56. The van der Waals surface area contributed by atoms with Crippen molar-refractivity contribution < 1.29 is 5.11 Å². The Labute approximate surface area is 97.9 Å². The van der Waals surface area contributed by atoms with E-state index in [-0.39, 0.29) is 0 Å². The second-order valence-electron chi connectivity index (χ2n) is 4.38. The van der Waals surface area contributed by atoms with E-state index in [4.69, 9.17) is 13.0 Å². The first-order chi connectivity index (χ1) is 7.79. The maximum Gasteiger partial charge on any atom is 0.141 e. The molecule has 1 aromatic heterocycles. The van der Waals surface area contributed by atoms with E-state index in [1.807, 2.05) is 18.3 Å². The highest BCUT2D eigenvalue weighted by molar-refractivity contribution is 6.30. The summed E-state index contributed by atoms with van der Waals surface area (Å²) in [6.07, 6.45) is 5.09. The van der Waals surface area contributed by atoms with Gasteiger partial charge in [0.1, 0.15) is 7.85 Å². The molecule has 0 unspecified atom stereocenters. The smallest absolute Gasteiger partial charge is 0.141 e. The van der Waals surface area contributed by atoms with Gasteiger partial charge in [-0.2, -0.15) is 0 Å². The molecule has 2 heterocycles. The Morgan fingerprint density at radius 1 is 1.38 bits per heavy atom. The summed E-state index contributed by atoms with van der Waals surface area (Å²) in [5.74, 6) is 0.683. The number of pyridine rings is 1. The molecule has 3 nitrogen and oxygen atoms in total. The van der Waals surface area contributed by atoms with Gasteiger partial charge in [0.05, 0.1) is 5.69 Å². The van der Waals surface area contributed by atoms with Gasteiger partial charge in [-0.05, 0) is 42.9 Å². The molecule has 0 bridgehead atoms. The molecular weight excluding hydrogens is 199 g/mol. The lowest BCUT2D eigenvalue weighted by atomic mass is 9.93. The minimum absolute atomic E-state index is 0.314. The Morgan fingerprint density at radius 3 is 2.69 bits per heavy atom. The topological polar surface area (TPSA) is 36.4 Å². The number of nitrogens with zero attached hydrogens (tertiary/aromatic N) is 2. The first kappa shape index (κ1) is 11.5. The molecule has 2 radical (unpaired) electrons. The number of aliphatic hydroxyl groups excluding tert-OH is 1. The Balaban J connectivity index is 1.91. The quantitative estimate of drug-likeness (QED) is 0.746. The average Bonchev–Trinajstić information content (AvgIpc) is 2.32. The summed E-state index contributed by atoms with van der Waals surface area (Å²) in [6.45, 7) is 2.42. The molecule has 16 heavy (non-hydrogen) atoms. The van der Waals surface area contributed by atoms with Crippen molar-refractivity contribution in [1.29, 1.82) is 0 Å². The van der Waals surface area contributed by atoms with Crippen LogP contribution in [0.3, 0.4) is 0 Å². The van der Waals surface area contributed by atoms with Crippen LogP contribution in [0.2, 0.25) is 0 Å². The fourth-order valence-corrected chi connectivity index (χ4v) is 2.25. The summed E-state index contributed by atoms with van der Waals surface area (Å²) in [4.78, 5) is 6.44. The lowest BCUT2D eigenvalue weighted by Crippen LogP contribution is -2.34. The van der Waals surface area contributed by atoms with Crippen LogP contribution >= 0.6 is 0 Å². The van der Waals surface area contributed by atoms with Gasteiger partial charge < -0.3 is 10.0 Å². The Morgan fingerprint density at radius 2 is 2.12 bits per heavy atom. The predicted octanol–water partition coefficient (Wildman–Crippen LogP) is 0.474. The molecule has 0 aliphatic carbocycles. The van der Waals surface area contributed by atoms with Gasteiger partial charge in [-0.3, -0.25) is 4.98 Å². The van der Waals surface area contributed by atoms with Crippen molar-refractivity contribution in [2.24, 2.45) is 5.92 Å². The van der Waals surface area contributed by atoms with Crippen molar-refractivity contribution >= 4 is 19.1 Å². The summed E-state index contributed by atoms with van der Waals surface area (Å²) >= 11 is 0. The summed E-state index contributed by atoms with van der Waals surface area (Å²) < 4.78 is 0. The standard InChI is InChI=1S/C12H17BN2O/c13-12-2-1-11(9-14-12)15-6-3-10(4-7-15)5-8-16/h1-2,9-10,16H,3-8H2. The monoisotopic (exact) mass is 216 g/mol. The Bertz CT molecular complexity index is 320. The van der Waals surface area contributed by atoms with Crippen molar-refractivity contribution in [2.75, 3.05) is 24.6 Å². The molecule has 0 saturated carbocycles. The second-order valence-corrected chi connectivity index (χ2v) is 4.38. The third kappa shape index (κ3) is 2.76. The van der Waals surface area contributed by atoms with Crippen LogP contribution in [-0.4, -0.2) is 37.6 Å².